The smallest absolute Gasteiger partial charge is 0.319 e. The lowest BCUT2D eigenvalue weighted by atomic mass is 10.1. The molecular formula is C21H20N4O. The molecule has 1 heterocycles. The standard InChI is InChI=1S/C21H20N4O/c26-21(24-18-11-10-16-6-1-2-7-17(16)14-18)22-12-5-13-25-15-23-19-8-3-4-9-20(19)25/h1-4,6-11,14-15H,5,12-13H2,(H2,22,24,26). The second-order valence-corrected chi connectivity index (χ2v) is 6.22. The molecule has 5 nitrogen and oxygen atoms in total. The van der Waals surface area contributed by atoms with Crippen LogP contribution in [0.2, 0.25) is 0 Å². The lowest BCUT2D eigenvalue weighted by Gasteiger charge is -2.09. The van der Waals surface area contributed by atoms with Crippen molar-refractivity contribution in [1.82, 2.24) is 14.9 Å². The van der Waals surface area contributed by atoms with E-state index in [-0.39, 0.29) is 6.03 Å². The lowest BCUT2D eigenvalue weighted by molar-refractivity contribution is 0.252. The van der Waals surface area contributed by atoms with Crippen molar-refractivity contribution in [1.29, 1.82) is 0 Å². The van der Waals surface area contributed by atoms with Crippen LogP contribution in [-0.2, 0) is 6.54 Å². The Kier molecular flexibility index (Phi) is 4.51. The number of rotatable bonds is 5. The van der Waals surface area contributed by atoms with Crippen LogP contribution in [0.15, 0.2) is 73.1 Å². The van der Waals surface area contributed by atoms with Crippen LogP contribution in [0.5, 0.6) is 0 Å². The van der Waals surface area contributed by atoms with Gasteiger partial charge in [-0.2, -0.15) is 0 Å². The minimum absolute atomic E-state index is 0.184. The van der Waals surface area contributed by atoms with E-state index in [0.717, 1.165) is 40.5 Å². The number of hydrogen-bond acceptors (Lipinski definition) is 2. The van der Waals surface area contributed by atoms with E-state index >= 15 is 0 Å². The zero-order valence-electron chi connectivity index (χ0n) is 14.4. The quantitative estimate of drug-likeness (QED) is 0.527. The topological polar surface area (TPSA) is 59.0 Å². The summed E-state index contributed by atoms with van der Waals surface area (Å²) in [6.07, 6.45) is 2.69. The second kappa shape index (κ2) is 7.27. The third-order valence-electron chi connectivity index (χ3n) is 4.40. The fourth-order valence-electron chi connectivity index (χ4n) is 3.08. The van der Waals surface area contributed by atoms with Gasteiger partial charge in [0.25, 0.3) is 0 Å². The van der Waals surface area contributed by atoms with Crippen LogP contribution in [0.1, 0.15) is 6.42 Å². The van der Waals surface area contributed by atoms with Crippen LogP contribution in [0.4, 0.5) is 10.5 Å². The van der Waals surface area contributed by atoms with E-state index in [9.17, 15) is 4.79 Å². The molecule has 3 aromatic carbocycles. The van der Waals surface area contributed by atoms with Crippen molar-refractivity contribution in [2.24, 2.45) is 0 Å². The van der Waals surface area contributed by atoms with E-state index in [1.807, 2.05) is 60.9 Å². The fourth-order valence-corrected chi connectivity index (χ4v) is 3.08. The third kappa shape index (κ3) is 3.52. The van der Waals surface area contributed by atoms with E-state index in [1.54, 1.807) is 0 Å². The lowest BCUT2D eigenvalue weighted by Crippen LogP contribution is -2.30. The highest BCUT2D eigenvalue weighted by atomic mass is 16.2. The number of aryl methyl sites for hydroxylation is 1. The molecule has 130 valence electrons. The Balaban J connectivity index is 1.28. The maximum Gasteiger partial charge on any atom is 0.319 e. The number of benzene rings is 3. The fraction of sp³-hybridized carbons (Fsp3) is 0.143. The molecule has 4 aromatic rings. The molecular weight excluding hydrogens is 324 g/mol. The summed E-state index contributed by atoms with van der Waals surface area (Å²) in [5, 5.41) is 8.06. The largest absolute Gasteiger partial charge is 0.338 e. The molecule has 0 saturated heterocycles. The molecule has 0 radical (unpaired) electrons. The van der Waals surface area contributed by atoms with Crippen LogP contribution in [0.3, 0.4) is 0 Å². The van der Waals surface area contributed by atoms with E-state index in [4.69, 9.17) is 0 Å². The molecule has 0 aliphatic rings. The van der Waals surface area contributed by atoms with E-state index in [2.05, 4.69) is 32.3 Å². The molecule has 4 rings (SSSR count). The maximum absolute atomic E-state index is 12.1. The van der Waals surface area contributed by atoms with Crippen molar-refractivity contribution in [3.05, 3.63) is 73.1 Å². The van der Waals surface area contributed by atoms with Gasteiger partial charge in [-0.3, -0.25) is 0 Å². The van der Waals surface area contributed by atoms with Gasteiger partial charge in [0.1, 0.15) is 0 Å². The van der Waals surface area contributed by atoms with Crippen molar-refractivity contribution >= 4 is 33.5 Å². The molecule has 1 aromatic heterocycles. The van der Waals surface area contributed by atoms with Gasteiger partial charge in [-0.15, -0.1) is 0 Å². The highest BCUT2D eigenvalue weighted by Gasteiger charge is 2.04. The SMILES string of the molecule is O=C(NCCCn1cnc2ccccc21)Nc1ccc2ccccc2c1. The van der Waals surface area contributed by atoms with Gasteiger partial charge >= 0.3 is 6.03 Å². The number of fused-ring (bicyclic) bond motifs is 2. The van der Waals surface area contributed by atoms with Gasteiger partial charge in [0, 0.05) is 18.8 Å². The van der Waals surface area contributed by atoms with Crippen molar-refractivity contribution in [2.45, 2.75) is 13.0 Å². The van der Waals surface area contributed by atoms with Crippen LogP contribution in [-0.4, -0.2) is 22.1 Å². The van der Waals surface area contributed by atoms with Gasteiger partial charge in [0.2, 0.25) is 0 Å². The number of nitrogens with one attached hydrogen (secondary N) is 2. The Hall–Kier alpha value is -3.34. The van der Waals surface area contributed by atoms with Crippen LogP contribution in [0, 0.1) is 0 Å². The van der Waals surface area contributed by atoms with Gasteiger partial charge < -0.3 is 15.2 Å². The summed E-state index contributed by atoms with van der Waals surface area (Å²) in [4.78, 5) is 16.5. The Morgan fingerprint density at radius 2 is 1.77 bits per heavy atom. The van der Waals surface area contributed by atoms with Crippen LogP contribution >= 0.6 is 0 Å². The first-order valence-electron chi connectivity index (χ1n) is 8.73. The van der Waals surface area contributed by atoms with Crippen LogP contribution < -0.4 is 10.6 Å². The average Bonchev–Trinajstić information content (AvgIpc) is 3.08. The highest BCUT2D eigenvalue weighted by molar-refractivity contribution is 5.93. The Bertz CT molecular complexity index is 1050. The summed E-state index contributed by atoms with van der Waals surface area (Å²) in [5.41, 5.74) is 2.91. The highest BCUT2D eigenvalue weighted by Crippen LogP contribution is 2.18. The zero-order chi connectivity index (χ0) is 17.8. The van der Waals surface area contributed by atoms with Gasteiger partial charge in [-0.1, -0.05) is 42.5 Å². The number of carbonyl (C=O) groups excluding carboxylic acids is 1. The number of aromatic nitrogens is 2. The summed E-state index contributed by atoms with van der Waals surface area (Å²) in [6.45, 7) is 1.42. The average molecular weight is 344 g/mol. The van der Waals surface area contributed by atoms with Gasteiger partial charge in [0.15, 0.2) is 0 Å². The minimum atomic E-state index is -0.184. The van der Waals surface area contributed by atoms with Gasteiger partial charge in [-0.25, -0.2) is 9.78 Å². The Morgan fingerprint density at radius 3 is 2.69 bits per heavy atom. The summed E-state index contributed by atoms with van der Waals surface area (Å²) in [7, 11) is 0. The number of nitrogens with zero attached hydrogens (tertiary/aromatic N) is 2. The molecule has 0 saturated carbocycles. The first kappa shape index (κ1) is 16.1. The number of hydrogen-bond donors (Lipinski definition) is 2. The number of urea groups is 1. The monoisotopic (exact) mass is 344 g/mol. The van der Waals surface area contributed by atoms with E-state index in [1.165, 1.54) is 0 Å². The molecule has 0 unspecified atom stereocenters. The van der Waals surface area contributed by atoms with Gasteiger partial charge in [0.05, 0.1) is 17.4 Å². The molecule has 5 heteroatoms. The summed E-state index contributed by atoms with van der Waals surface area (Å²) >= 11 is 0. The third-order valence-corrected chi connectivity index (χ3v) is 4.40. The number of amides is 2. The molecule has 26 heavy (non-hydrogen) atoms. The molecule has 0 aliphatic carbocycles. The maximum atomic E-state index is 12.1. The predicted molar refractivity (Wildman–Crippen MR) is 105 cm³/mol. The van der Waals surface area contributed by atoms with Gasteiger partial charge in [-0.05, 0) is 41.5 Å². The summed E-state index contributed by atoms with van der Waals surface area (Å²) < 4.78 is 2.11. The Labute approximate surface area is 151 Å². The molecule has 2 amide bonds. The first-order valence-corrected chi connectivity index (χ1v) is 8.73. The number of para-hydroxylation sites is 2. The number of anilines is 1. The molecule has 0 spiro atoms. The molecule has 0 fully saturated rings. The van der Waals surface area contributed by atoms with Crippen molar-refractivity contribution < 1.29 is 4.79 Å². The van der Waals surface area contributed by atoms with E-state index in [0.29, 0.717) is 6.54 Å². The molecule has 0 atom stereocenters. The molecule has 0 aliphatic heterocycles. The van der Waals surface area contributed by atoms with Crippen LogP contribution in [0.25, 0.3) is 21.8 Å². The molecule has 2 N–H and O–H groups in total. The normalized spacial score (nSPS) is 10.9. The van der Waals surface area contributed by atoms with Crippen molar-refractivity contribution in [3.63, 3.8) is 0 Å². The van der Waals surface area contributed by atoms with Crippen molar-refractivity contribution in [2.75, 3.05) is 11.9 Å². The number of carbonyl (C=O) groups is 1. The minimum Gasteiger partial charge on any atom is -0.338 e. The van der Waals surface area contributed by atoms with E-state index < -0.39 is 0 Å². The number of imidazole rings is 1. The summed E-state index contributed by atoms with van der Waals surface area (Å²) in [5.74, 6) is 0. The molecule has 0 bridgehead atoms. The predicted octanol–water partition coefficient (Wildman–Crippen LogP) is 4.40. The Morgan fingerprint density at radius 1 is 0.962 bits per heavy atom. The second-order valence-electron chi connectivity index (χ2n) is 6.22. The van der Waals surface area contributed by atoms with Crippen molar-refractivity contribution in [3.8, 4) is 0 Å². The summed E-state index contributed by atoms with van der Waals surface area (Å²) in [6, 6.07) is 21.9. The zero-order valence-corrected chi connectivity index (χ0v) is 14.4. The first-order chi connectivity index (χ1) is 12.8.